The molecule has 0 radical (unpaired) electrons. The second-order valence-corrected chi connectivity index (χ2v) is 4.82. The molecule has 3 aromatic rings. The number of rotatable bonds is 3. The molecule has 0 unspecified atom stereocenters. The molecule has 0 saturated carbocycles. The van der Waals surface area contributed by atoms with Crippen LogP contribution in [0.25, 0.3) is 17.1 Å². The van der Waals surface area contributed by atoms with Gasteiger partial charge in [0.05, 0.1) is 23.3 Å². The first kappa shape index (κ1) is 13.3. The molecule has 2 heterocycles. The average molecular weight is 279 g/mol. The molecule has 0 aliphatic carbocycles. The standard InChI is InChI=1S/C16H17N5/c1-3-14-19-15(11(2)16(17)20-14)13-9-10-18-21(13)12-7-5-4-6-8-12/h4-10H,3H2,1-2H3,(H2,17,19,20). The molecule has 0 fully saturated rings. The van der Waals surface area contributed by atoms with Crippen LogP contribution in [0.1, 0.15) is 18.3 Å². The maximum absolute atomic E-state index is 6.01. The fourth-order valence-electron chi connectivity index (χ4n) is 2.25. The fourth-order valence-corrected chi connectivity index (χ4v) is 2.25. The van der Waals surface area contributed by atoms with E-state index in [1.807, 2.05) is 54.9 Å². The summed E-state index contributed by atoms with van der Waals surface area (Å²) in [4.78, 5) is 8.93. The highest BCUT2D eigenvalue weighted by Gasteiger charge is 2.15. The number of benzene rings is 1. The topological polar surface area (TPSA) is 69.6 Å². The molecule has 2 aromatic heterocycles. The van der Waals surface area contributed by atoms with Crippen LogP contribution in [-0.4, -0.2) is 19.7 Å². The van der Waals surface area contributed by atoms with Crippen molar-refractivity contribution in [2.45, 2.75) is 20.3 Å². The van der Waals surface area contributed by atoms with Gasteiger partial charge in [-0.1, -0.05) is 25.1 Å². The van der Waals surface area contributed by atoms with Gasteiger partial charge in [-0.2, -0.15) is 5.10 Å². The predicted octanol–water partition coefficient (Wildman–Crippen LogP) is 2.78. The molecule has 0 amide bonds. The average Bonchev–Trinajstić information content (AvgIpc) is 3.00. The number of nitrogens with two attached hydrogens (primary N) is 1. The summed E-state index contributed by atoms with van der Waals surface area (Å²) in [5, 5.41) is 4.40. The van der Waals surface area contributed by atoms with Crippen molar-refractivity contribution in [3.05, 3.63) is 54.0 Å². The van der Waals surface area contributed by atoms with Crippen LogP contribution in [0.4, 0.5) is 5.82 Å². The molecule has 0 aliphatic heterocycles. The third-order valence-corrected chi connectivity index (χ3v) is 3.43. The largest absolute Gasteiger partial charge is 0.383 e. The molecule has 5 heteroatoms. The summed E-state index contributed by atoms with van der Waals surface area (Å²) in [6.07, 6.45) is 2.52. The van der Waals surface area contributed by atoms with Gasteiger partial charge in [-0.25, -0.2) is 14.6 Å². The highest BCUT2D eigenvalue weighted by molar-refractivity contribution is 5.66. The van der Waals surface area contributed by atoms with Crippen molar-refractivity contribution in [3.8, 4) is 17.1 Å². The van der Waals surface area contributed by atoms with Gasteiger partial charge in [0, 0.05) is 12.0 Å². The molecule has 0 aliphatic rings. The quantitative estimate of drug-likeness (QED) is 0.800. The third kappa shape index (κ3) is 2.38. The van der Waals surface area contributed by atoms with Crippen LogP contribution in [0.2, 0.25) is 0 Å². The van der Waals surface area contributed by atoms with Gasteiger partial charge < -0.3 is 5.73 Å². The molecule has 5 nitrogen and oxygen atoms in total. The van der Waals surface area contributed by atoms with Crippen molar-refractivity contribution in [1.29, 1.82) is 0 Å². The Morgan fingerprint density at radius 2 is 1.86 bits per heavy atom. The van der Waals surface area contributed by atoms with Crippen LogP contribution >= 0.6 is 0 Å². The van der Waals surface area contributed by atoms with Crippen LogP contribution in [0.15, 0.2) is 42.6 Å². The zero-order valence-corrected chi connectivity index (χ0v) is 12.1. The maximum atomic E-state index is 6.01. The lowest BCUT2D eigenvalue weighted by Crippen LogP contribution is -2.07. The Morgan fingerprint density at radius 1 is 1.10 bits per heavy atom. The SMILES string of the molecule is CCc1nc(N)c(C)c(-c2ccnn2-c2ccccc2)n1. The van der Waals surface area contributed by atoms with E-state index in [1.54, 1.807) is 6.20 Å². The summed E-state index contributed by atoms with van der Waals surface area (Å²) < 4.78 is 1.87. The van der Waals surface area contributed by atoms with Crippen LogP contribution in [0, 0.1) is 6.92 Å². The molecule has 1 aromatic carbocycles. The Labute approximate surface area is 123 Å². The summed E-state index contributed by atoms with van der Waals surface area (Å²) in [7, 11) is 0. The highest BCUT2D eigenvalue weighted by atomic mass is 15.3. The molecule has 2 N–H and O–H groups in total. The van der Waals surface area contributed by atoms with Crippen molar-refractivity contribution in [2.75, 3.05) is 5.73 Å². The Balaban J connectivity index is 2.19. The summed E-state index contributed by atoms with van der Waals surface area (Å²) in [6.45, 7) is 3.95. The normalized spacial score (nSPS) is 10.8. The molecule has 0 saturated heterocycles. The van der Waals surface area contributed by atoms with Gasteiger partial charge >= 0.3 is 0 Å². The summed E-state index contributed by atoms with van der Waals surface area (Å²) in [6, 6.07) is 11.9. The van der Waals surface area contributed by atoms with Gasteiger partial charge in [0.15, 0.2) is 0 Å². The van der Waals surface area contributed by atoms with E-state index in [4.69, 9.17) is 5.73 Å². The van der Waals surface area contributed by atoms with Gasteiger partial charge in [-0.3, -0.25) is 0 Å². The lowest BCUT2D eigenvalue weighted by atomic mass is 10.1. The molecule has 0 atom stereocenters. The first-order valence-electron chi connectivity index (χ1n) is 6.93. The third-order valence-electron chi connectivity index (χ3n) is 3.43. The van der Waals surface area contributed by atoms with Gasteiger partial charge in [-0.15, -0.1) is 0 Å². The van der Waals surface area contributed by atoms with Crippen molar-refractivity contribution in [2.24, 2.45) is 0 Å². The van der Waals surface area contributed by atoms with E-state index in [1.165, 1.54) is 0 Å². The Hall–Kier alpha value is -2.69. The van der Waals surface area contributed by atoms with E-state index in [0.717, 1.165) is 34.9 Å². The van der Waals surface area contributed by atoms with Crippen LogP contribution in [0.3, 0.4) is 0 Å². The molecule has 0 spiro atoms. The van der Waals surface area contributed by atoms with Crippen molar-refractivity contribution in [3.63, 3.8) is 0 Å². The van der Waals surface area contributed by atoms with E-state index in [-0.39, 0.29) is 0 Å². The number of hydrogen-bond donors (Lipinski definition) is 1. The number of anilines is 1. The van der Waals surface area contributed by atoms with Crippen molar-refractivity contribution >= 4 is 5.82 Å². The minimum absolute atomic E-state index is 0.526. The fraction of sp³-hybridized carbons (Fsp3) is 0.188. The van der Waals surface area contributed by atoms with Crippen LogP contribution < -0.4 is 5.73 Å². The van der Waals surface area contributed by atoms with E-state index in [9.17, 15) is 0 Å². The van der Waals surface area contributed by atoms with E-state index in [0.29, 0.717) is 5.82 Å². The number of nitrogens with zero attached hydrogens (tertiary/aromatic N) is 4. The Morgan fingerprint density at radius 3 is 2.57 bits per heavy atom. The number of aromatic nitrogens is 4. The second-order valence-electron chi connectivity index (χ2n) is 4.82. The molecule has 0 bridgehead atoms. The number of aryl methyl sites for hydroxylation is 1. The van der Waals surface area contributed by atoms with Crippen molar-refractivity contribution in [1.82, 2.24) is 19.7 Å². The zero-order valence-electron chi connectivity index (χ0n) is 12.1. The monoisotopic (exact) mass is 279 g/mol. The second kappa shape index (κ2) is 5.36. The summed E-state index contributed by atoms with van der Waals surface area (Å²) in [5.74, 6) is 1.27. The zero-order chi connectivity index (χ0) is 14.8. The van der Waals surface area contributed by atoms with Gasteiger partial charge in [0.1, 0.15) is 11.6 Å². The van der Waals surface area contributed by atoms with Gasteiger partial charge in [-0.05, 0) is 25.1 Å². The van der Waals surface area contributed by atoms with Crippen LogP contribution in [0.5, 0.6) is 0 Å². The molecule has 3 rings (SSSR count). The summed E-state index contributed by atoms with van der Waals surface area (Å²) >= 11 is 0. The maximum Gasteiger partial charge on any atom is 0.131 e. The van der Waals surface area contributed by atoms with E-state index in [2.05, 4.69) is 15.1 Å². The minimum Gasteiger partial charge on any atom is -0.383 e. The highest BCUT2D eigenvalue weighted by Crippen LogP contribution is 2.26. The molecule has 106 valence electrons. The molecular formula is C16H17N5. The molecular weight excluding hydrogens is 262 g/mol. The van der Waals surface area contributed by atoms with Crippen molar-refractivity contribution < 1.29 is 0 Å². The lowest BCUT2D eigenvalue weighted by molar-refractivity contribution is 0.872. The Bertz CT molecular complexity index is 762. The van der Waals surface area contributed by atoms with Crippen LogP contribution in [-0.2, 0) is 6.42 Å². The minimum atomic E-state index is 0.526. The number of para-hydroxylation sites is 1. The van der Waals surface area contributed by atoms with Gasteiger partial charge in [0.2, 0.25) is 0 Å². The number of nitrogen functional groups attached to an aromatic ring is 1. The van der Waals surface area contributed by atoms with E-state index < -0.39 is 0 Å². The first-order chi connectivity index (χ1) is 10.2. The predicted molar refractivity (Wildman–Crippen MR) is 83.1 cm³/mol. The number of hydrogen-bond acceptors (Lipinski definition) is 4. The smallest absolute Gasteiger partial charge is 0.131 e. The molecule has 21 heavy (non-hydrogen) atoms. The summed E-state index contributed by atoms with van der Waals surface area (Å²) in [5.41, 5.74) is 9.64. The Kier molecular flexibility index (Phi) is 3.39. The lowest BCUT2D eigenvalue weighted by Gasteiger charge is -2.11. The van der Waals surface area contributed by atoms with E-state index >= 15 is 0 Å². The van der Waals surface area contributed by atoms with Gasteiger partial charge in [0.25, 0.3) is 0 Å². The first-order valence-corrected chi connectivity index (χ1v) is 6.93.